The molecule has 0 radical (unpaired) electrons. The van der Waals surface area contributed by atoms with Gasteiger partial charge in [-0.25, -0.2) is 13.2 Å². The van der Waals surface area contributed by atoms with E-state index in [1.807, 2.05) is 0 Å². The maximum absolute atomic E-state index is 14.0. The molecule has 1 rings (SSSR count). The van der Waals surface area contributed by atoms with Gasteiger partial charge in [-0.3, -0.25) is 28.8 Å². The van der Waals surface area contributed by atoms with E-state index < -0.39 is 111 Å². The van der Waals surface area contributed by atoms with E-state index in [0.717, 1.165) is 17.7 Å². The van der Waals surface area contributed by atoms with Gasteiger partial charge in [-0.1, -0.05) is 50.3 Å². The lowest BCUT2D eigenvalue weighted by atomic mass is 10.0. The van der Waals surface area contributed by atoms with Gasteiger partial charge in [0.15, 0.2) is 9.84 Å². The molecule has 4 atom stereocenters. The minimum atomic E-state index is -3.67. The topological polar surface area (TPSA) is 239 Å². The third kappa shape index (κ3) is 23.3. The van der Waals surface area contributed by atoms with Crippen LogP contribution < -0.4 is 21.3 Å². The Morgan fingerprint density at radius 2 is 1.16 bits per heavy atom. The highest BCUT2D eigenvalue weighted by Crippen LogP contribution is 2.15. The molecule has 4 N–H and O–H groups in total. The molecule has 0 spiro atoms. The number of hydrogen-bond acceptors (Lipinski definition) is 13. The van der Waals surface area contributed by atoms with E-state index in [2.05, 4.69) is 21.3 Å². The van der Waals surface area contributed by atoms with Crippen molar-refractivity contribution >= 4 is 51.6 Å². The first kappa shape index (κ1) is 51.0. The minimum Gasteiger partial charge on any atom is -0.460 e. The molecule has 18 heteroatoms. The number of sulfone groups is 1. The monoisotopic (exact) mass is 838 g/mol. The molecule has 0 heterocycles. The van der Waals surface area contributed by atoms with Gasteiger partial charge in [0.1, 0.15) is 41.5 Å². The highest BCUT2D eigenvalue weighted by atomic mass is 32.2. The van der Waals surface area contributed by atoms with Crippen LogP contribution in [0.1, 0.15) is 107 Å². The Hall–Kier alpha value is -5.00. The van der Waals surface area contributed by atoms with Crippen molar-refractivity contribution in [1.29, 1.82) is 0 Å². The Morgan fingerprint density at radius 1 is 0.655 bits per heavy atom. The second kappa shape index (κ2) is 22.2. The highest BCUT2D eigenvalue weighted by Gasteiger charge is 2.34. The SMILES string of the molecule is CC(C)C(NC(=O)C(CCC(=O)OC(C)(C)C)NC(=O)C(CC(=O)OC(C)(C)C)NC(=O)OCc1ccccc1)C(=O)NC(C=CS(C)(=O)=O)CC(=O)OC(C)(C)C. The highest BCUT2D eigenvalue weighted by molar-refractivity contribution is 7.93. The number of hydrogen-bond donors (Lipinski definition) is 4. The molecule has 0 saturated heterocycles. The van der Waals surface area contributed by atoms with Crippen LogP contribution in [-0.2, 0) is 64.2 Å². The Labute approximate surface area is 342 Å². The molecular weight excluding hydrogens is 777 g/mol. The fourth-order valence-electron chi connectivity index (χ4n) is 4.89. The number of amides is 4. The minimum absolute atomic E-state index is 0.157. The van der Waals surface area contributed by atoms with E-state index in [0.29, 0.717) is 5.56 Å². The zero-order valence-electron chi connectivity index (χ0n) is 35.7. The number of ether oxygens (including phenoxy) is 4. The molecule has 4 amide bonds. The standard InChI is InChI=1S/C40H62N4O13S/c1-25(2)33(36(50)41-27(20-21-58(12,52)53)22-31(46)56-39(6,7)8)44-34(48)28(18-19-30(45)55-38(3,4)5)42-35(49)29(23-32(47)57-40(9,10)11)43-37(51)54-24-26-16-14-13-15-17-26/h13-17,20-21,25,27-29,33H,18-19,22-24H2,1-12H3,(H,41,50)(H,42,49)(H,43,51)(H,44,48). The molecule has 0 saturated carbocycles. The normalized spacial score (nSPS) is 14.3. The van der Waals surface area contributed by atoms with Crippen LogP contribution in [-0.4, -0.2) is 97.4 Å². The van der Waals surface area contributed by atoms with Gasteiger partial charge in [0.05, 0.1) is 18.9 Å². The van der Waals surface area contributed by atoms with Crippen molar-refractivity contribution in [1.82, 2.24) is 21.3 Å². The van der Waals surface area contributed by atoms with E-state index in [9.17, 15) is 42.0 Å². The summed E-state index contributed by atoms with van der Waals surface area (Å²) in [6, 6.07) is 3.06. The summed E-state index contributed by atoms with van der Waals surface area (Å²) < 4.78 is 45.1. The van der Waals surface area contributed by atoms with Gasteiger partial charge in [-0.15, -0.1) is 0 Å². The van der Waals surface area contributed by atoms with Crippen molar-refractivity contribution in [3.8, 4) is 0 Å². The van der Waals surface area contributed by atoms with Crippen LogP contribution in [0.2, 0.25) is 0 Å². The van der Waals surface area contributed by atoms with E-state index in [-0.39, 0.29) is 19.4 Å². The maximum Gasteiger partial charge on any atom is 0.408 e. The summed E-state index contributed by atoms with van der Waals surface area (Å²) in [6.07, 6.45) is -0.822. The molecule has 0 aromatic heterocycles. The molecule has 0 bridgehead atoms. The zero-order valence-corrected chi connectivity index (χ0v) is 36.5. The van der Waals surface area contributed by atoms with E-state index >= 15 is 0 Å². The van der Waals surface area contributed by atoms with Gasteiger partial charge in [0.25, 0.3) is 0 Å². The molecule has 4 unspecified atom stereocenters. The summed E-state index contributed by atoms with van der Waals surface area (Å²) in [6.45, 7) is 17.8. The van der Waals surface area contributed by atoms with Gasteiger partial charge in [0, 0.05) is 18.1 Å². The first-order valence-electron chi connectivity index (χ1n) is 18.8. The van der Waals surface area contributed by atoms with Crippen molar-refractivity contribution in [3.63, 3.8) is 0 Å². The van der Waals surface area contributed by atoms with E-state index in [4.69, 9.17) is 18.9 Å². The van der Waals surface area contributed by atoms with Gasteiger partial charge in [-0.2, -0.15) is 0 Å². The van der Waals surface area contributed by atoms with Crippen LogP contribution in [0.15, 0.2) is 41.8 Å². The lowest BCUT2D eigenvalue weighted by Crippen LogP contribution is -2.58. The van der Waals surface area contributed by atoms with Gasteiger partial charge in [-0.05, 0) is 80.2 Å². The second-order valence-corrected chi connectivity index (χ2v) is 19.0. The summed E-state index contributed by atoms with van der Waals surface area (Å²) in [5, 5.41) is 10.8. The third-order valence-electron chi connectivity index (χ3n) is 7.24. The maximum atomic E-state index is 14.0. The van der Waals surface area contributed by atoms with Crippen LogP contribution in [0, 0.1) is 5.92 Å². The average molecular weight is 839 g/mol. The smallest absolute Gasteiger partial charge is 0.408 e. The summed E-state index contributed by atoms with van der Waals surface area (Å²) in [5.41, 5.74) is -2.04. The molecule has 17 nitrogen and oxygen atoms in total. The van der Waals surface area contributed by atoms with Crippen molar-refractivity contribution in [2.24, 2.45) is 5.92 Å². The Kier molecular flexibility index (Phi) is 19.6. The number of nitrogens with one attached hydrogen (secondary N) is 4. The molecule has 0 aliphatic carbocycles. The van der Waals surface area contributed by atoms with Crippen LogP contribution in [0.5, 0.6) is 0 Å². The Bertz CT molecular complexity index is 1720. The largest absolute Gasteiger partial charge is 0.460 e. The lowest BCUT2D eigenvalue weighted by Gasteiger charge is -2.28. The van der Waals surface area contributed by atoms with Gasteiger partial charge < -0.3 is 40.2 Å². The first-order chi connectivity index (χ1) is 26.4. The van der Waals surface area contributed by atoms with Crippen LogP contribution in [0.4, 0.5) is 4.79 Å². The fraction of sp³-hybridized carbons (Fsp3) is 0.625. The summed E-state index contributed by atoms with van der Waals surface area (Å²) in [4.78, 5) is 92.6. The molecule has 326 valence electrons. The fourth-order valence-corrected chi connectivity index (χ4v) is 5.37. The van der Waals surface area contributed by atoms with Crippen LogP contribution >= 0.6 is 0 Å². The van der Waals surface area contributed by atoms with Crippen molar-refractivity contribution in [2.75, 3.05) is 6.26 Å². The zero-order chi connectivity index (χ0) is 44.6. The number of rotatable bonds is 19. The van der Waals surface area contributed by atoms with Crippen LogP contribution in [0.25, 0.3) is 0 Å². The number of alkyl carbamates (subject to hydrolysis) is 1. The van der Waals surface area contributed by atoms with E-state index in [1.165, 1.54) is 0 Å². The third-order valence-corrected chi connectivity index (χ3v) is 7.89. The number of carbonyl (C=O) groups excluding carboxylic acids is 7. The predicted molar refractivity (Wildman–Crippen MR) is 214 cm³/mol. The predicted octanol–water partition coefficient (Wildman–Crippen LogP) is 3.54. The molecule has 0 aliphatic rings. The first-order valence-corrected chi connectivity index (χ1v) is 20.8. The molecular formula is C40H62N4O13S. The summed E-state index contributed by atoms with van der Waals surface area (Å²) >= 11 is 0. The summed E-state index contributed by atoms with van der Waals surface area (Å²) in [7, 11) is -3.67. The molecule has 58 heavy (non-hydrogen) atoms. The number of benzene rings is 1. The van der Waals surface area contributed by atoms with Crippen molar-refractivity contribution in [2.45, 2.75) is 149 Å². The quantitative estimate of drug-likeness (QED) is 0.115. The Balaban J connectivity index is 3.45. The number of carbonyl (C=O) groups is 7. The lowest BCUT2D eigenvalue weighted by molar-refractivity contribution is -0.157. The van der Waals surface area contributed by atoms with Gasteiger partial charge in [0.2, 0.25) is 17.7 Å². The van der Waals surface area contributed by atoms with Crippen LogP contribution in [0.3, 0.4) is 0 Å². The Morgan fingerprint density at radius 3 is 1.66 bits per heavy atom. The summed E-state index contributed by atoms with van der Waals surface area (Å²) in [5.74, 6) is -5.64. The second-order valence-electron chi connectivity index (χ2n) is 17.0. The van der Waals surface area contributed by atoms with Gasteiger partial charge >= 0.3 is 24.0 Å². The van der Waals surface area contributed by atoms with Crippen molar-refractivity contribution < 1.29 is 60.9 Å². The van der Waals surface area contributed by atoms with Crippen molar-refractivity contribution in [3.05, 3.63) is 47.4 Å². The molecule has 1 aromatic rings. The average Bonchev–Trinajstić information content (AvgIpc) is 3.03. The molecule has 0 fully saturated rings. The molecule has 0 aliphatic heterocycles. The number of esters is 3. The van der Waals surface area contributed by atoms with E-state index in [1.54, 1.807) is 106 Å². The molecule has 1 aromatic carbocycles.